The Hall–Kier alpha value is -2.89. The number of esters is 3. The number of rotatable bonds is 62. The second kappa shape index (κ2) is 65.6. The van der Waals surface area contributed by atoms with Gasteiger partial charge in [-0.15, -0.1) is 0 Å². The normalized spacial score (nSPS) is 12.4. The maximum atomic E-state index is 12.9. The van der Waals surface area contributed by atoms with E-state index in [1.54, 1.807) is 0 Å². The summed E-state index contributed by atoms with van der Waals surface area (Å²) in [6, 6.07) is 0. The first-order valence-corrected chi connectivity index (χ1v) is 33.8. The van der Waals surface area contributed by atoms with Crippen molar-refractivity contribution in [2.24, 2.45) is 0 Å². The molecule has 0 saturated heterocycles. The van der Waals surface area contributed by atoms with Crippen LogP contribution in [0.1, 0.15) is 355 Å². The zero-order valence-electron chi connectivity index (χ0n) is 51.5. The average Bonchev–Trinajstić information content (AvgIpc) is 3.43. The summed E-state index contributed by atoms with van der Waals surface area (Å²) < 4.78 is 17.0. The van der Waals surface area contributed by atoms with E-state index in [2.05, 4.69) is 81.5 Å². The fourth-order valence-corrected chi connectivity index (χ4v) is 10.0. The van der Waals surface area contributed by atoms with Crippen molar-refractivity contribution >= 4 is 17.9 Å². The zero-order valence-corrected chi connectivity index (χ0v) is 51.5. The van der Waals surface area contributed by atoms with E-state index in [0.29, 0.717) is 19.3 Å². The summed E-state index contributed by atoms with van der Waals surface area (Å²) in [4.78, 5) is 38.4. The molecule has 0 aliphatic carbocycles. The lowest BCUT2D eigenvalue weighted by molar-refractivity contribution is -0.167. The Morgan fingerprint density at radius 1 is 0.273 bits per heavy atom. The smallest absolute Gasteiger partial charge is 0.306 e. The molecule has 0 spiro atoms. The van der Waals surface area contributed by atoms with Crippen LogP contribution in [-0.4, -0.2) is 37.2 Å². The minimum absolute atomic E-state index is 0.0689. The Morgan fingerprint density at radius 2 is 0.506 bits per heavy atom. The van der Waals surface area contributed by atoms with Gasteiger partial charge in [0.05, 0.1) is 0 Å². The monoisotopic (exact) mass is 1080 g/mol. The highest BCUT2D eigenvalue weighted by molar-refractivity contribution is 5.71. The number of carbonyl (C=O) groups is 3. The highest BCUT2D eigenvalue weighted by atomic mass is 16.6. The summed E-state index contributed by atoms with van der Waals surface area (Å²) in [6.07, 6.45) is 83.8. The molecule has 1 atom stereocenters. The first kappa shape index (κ1) is 74.1. The van der Waals surface area contributed by atoms with Crippen molar-refractivity contribution in [3.8, 4) is 0 Å². The van der Waals surface area contributed by atoms with Crippen molar-refractivity contribution in [3.05, 3.63) is 60.8 Å². The van der Waals surface area contributed by atoms with Gasteiger partial charge in [-0.1, -0.05) is 332 Å². The minimum atomic E-state index is -0.772. The molecule has 0 aliphatic heterocycles. The van der Waals surface area contributed by atoms with E-state index < -0.39 is 6.10 Å². The van der Waals surface area contributed by atoms with Gasteiger partial charge in [0.15, 0.2) is 6.10 Å². The minimum Gasteiger partial charge on any atom is -0.462 e. The maximum absolute atomic E-state index is 12.9. The van der Waals surface area contributed by atoms with E-state index in [9.17, 15) is 14.4 Å². The maximum Gasteiger partial charge on any atom is 0.306 e. The Kier molecular flexibility index (Phi) is 63.2. The van der Waals surface area contributed by atoms with Gasteiger partial charge in [0.1, 0.15) is 13.2 Å². The Bertz CT molecular complexity index is 1380. The first-order chi connectivity index (χ1) is 38.0. The molecule has 0 amide bonds. The predicted octanol–water partition coefficient (Wildman–Crippen LogP) is 23.1. The molecule has 1 unspecified atom stereocenters. The van der Waals surface area contributed by atoms with E-state index in [-0.39, 0.29) is 31.1 Å². The van der Waals surface area contributed by atoms with Gasteiger partial charge in [0.25, 0.3) is 0 Å². The molecule has 6 heteroatoms. The molecule has 0 aromatic carbocycles. The lowest BCUT2D eigenvalue weighted by Gasteiger charge is -2.18. The van der Waals surface area contributed by atoms with Gasteiger partial charge in [-0.2, -0.15) is 0 Å². The number of hydrogen-bond acceptors (Lipinski definition) is 6. The van der Waals surface area contributed by atoms with Gasteiger partial charge in [-0.25, -0.2) is 0 Å². The summed E-state index contributed by atoms with van der Waals surface area (Å²) in [5.41, 5.74) is 0. The van der Waals surface area contributed by atoms with Crippen molar-refractivity contribution in [3.63, 3.8) is 0 Å². The lowest BCUT2D eigenvalue weighted by Crippen LogP contribution is -2.30. The van der Waals surface area contributed by atoms with Gasteiger partial charge in [0, 0.05) is 19.3 Å². The van der Waals surface area contributed by atoms with Crippen molar-refractivity contribution in [1.29, 1.82) is 0 Å². The number of carbonyl (C=O) groups excluding carboxylic acids is 3. The number of allylic oxidation sites excluding steroid dienone is 10. The van der Waals surface area contributed by atoms with Crippen LogP contribution in [0.25, 0.3) is 0 Å². The van der Waals surface area contributed by atoms with Crippen molar-refractivity contribution in [1.82, 2.24) is 0 Å². The van der Waals surface area contributed by atoms with Gasteiger partial charge in [-0.3, -0.25) is 14.4 Å². The molecule has 0 fully saturated rings. The number of hydrogen-bond donors (Lipinski definition) is 0. The molecular weight excluding hydrogens is 949 g/mol. The van der Waals surface area contributed by atoms with Crippen LogP contribution in [0.4, 0.5) is 0 Å². The van der Waals surface area contributed by atoms with Crippen LogP contribution in [0.2, 0.25) is 0 Å². The third-order valence-corrected chi connectivity index (χ3v) is 15.0. The molecule has 448 valence electrons. The lowest BCUT2D eigenvalue weighted by atomic mass is 10.0. The molecule has 0 heterocycles. The molecule has 0 radical (unpaired) electrons. The molecule has 0 bridgehead atoms. The summed E-state index contributed by atoms with van der Waals surface area (Å²) in [5, 5.41) is 0. The average molecular weight is 1080 g/mol. The van der Waals surface area contributed by atoms with Crippen LogP contribution < -0.4 is 0 Å². The van der Waals surface area contributed by atoms with E-state index in [1.165, 1.54) is 225 Å². The molecule has 0 rings (SSSR count). The van der Waals surface area contributed by atoms with Crippen molar-refractivity contribution in [2.45, 2.75) is 361 Å². The van der Waals surface area contributed by atoms with Crippen molar-refractivity contribution in [2.75, 3.05) is 13.2 Å². The molecule has 0 aliphatic rings. The molecule has 0 aromatic rings. The quantitative estimate of drug-likeness (QED) is 0.0261. The van der Waals surface area contributed by atoms with Crippen molar-refractivity contribution < 1.29 is 28.6 Å². The van der Waals surface area contributed by atoms with E-state index in [0.717, 1.165) is 89.9 Å². The molecule has 0 N–H and O–H groups in total. The molecular formula is C71H128O6. The van der Waals surface area contributed by atoms with Crippen LogP contribution in [0.3, 0.4) is 0 Å². The summed E-state index contributed by atoms with van der Waals surface area (Å²) >= 11 is 0. The SMILES string of the molecule is CC/C=C\C/C=C\C/C=C\C/C=C\C/C=C\CCCCCCCCCCCCCC(=O)OCC(COC(=O)CCCCCCCCCCCCCCC)OC(=O)CCCCCCCCCCCCCCCCCCCCC. The Labute approximate surface area is 479 Å². The third kappa shape index (κ3) is 63.8. The van der Waals surface area contributed by atoms with Crippen LogP contribution in [0.15, 0.2) is 60.8 Å². The van der Waals surface area contributed by atoms with Crippen LogP contribution in [-0.2, 0) is 28.6 Å². The largest absolute Gasteiger partial charge is 0.462 e. The standard InChI is InChI=1S/C71H128O6/c1-4-7-10-13-16-19-22-25-27-29-31-32-33-34-35-36-37-38-40-41-43-46-49-52-55-58-61-64-70(73)76-67-68(66-75-69(72)63-60-57-54-51-48-45-24-21-18-15-12-9-6-3)77-71(74)65-62-59-56-53-50-47-44-42-39-30-28-26-23-20-17-14-11-8-5-2/h7,10,16,19,25,27,31-32,34-35,68H,4-6,8-9,11-15,17-18,20-24,26,28-30,33,36-67H2,1-3H3/b10-7-,19-16-,27-25-,32-31-,35-34-. The van der Waals surface area contributed by atoms with E-state index >= 15 is 0 Å². The number of ether oxygens (including phenoxy) is 3. The second-order valence-electron chi connectivity index (χ2n) is 22.7. The molecule has 0 aromatic heterocycles. The summed E-state index contributed by atoms with van der Waals surface area (Å²) in [7, 11) is 0. The Balaban J connectivity index is 4.25. The second-order valence-corrected chi connectivity index (χ2v) is 22.7. The highest BCUT2D eigenvalue weighted by Gasteiger charge is 2.19. The fraction of sp³-hybridized carbons (Fsp3) is 0.817. The topological polar surface area (TPSA) is 78.9 Å². The van der Waals surface area contributed by atoms with Crippen LogP contribution in [0.5, 0.6) is 0 Å². The van der Waals surface area contributed by atoms with Crippen LogP contribution >= 0.6 is 0 Å². The van der Waals surface area contributed by atoms with Gasteiger partial charge in [-0.05, 0) is 64.2 Å². The molecule has 6 nitrogen and oxygen atoms in total. The summed E-state index contributed by atoms with van der Waals surface area (Å²) in [6.45, 7) is 6.58. The van der Waals surface area contributed by atoms with Gasteiger partial charge < -0.3 is 14.2 Å². The Morgan fingerprint density at radius 3 is 0.792 bits per heavy atom. The molecule has 0 saturated carbocycles. The summed E-state index contributed by atoms with van der Waals surface area (Å²) in [5.74, 6) is -0.848. The first-order valence-electron chi connectivity index (χ1n) is 33.8. The van der Waals surface area contributed by atoms with E-state index in [1.807, 2.05) is 0 Å². The van der Waals surface area contributed by atoms with Gasteiger partial charge in [0.2, 0.25) is 0 Å². The number of unbranched alkanes of at least 4 members (excludes halogenated alkanes) is 41. The highest BCUT2D eigenvalue weighted by Crippen LogP contribution is 2.18. The third-order valence-electron chi connectivity index (χ3n) is 15.0. The zero-order chi connectivity index (χ0) is 55.7. The predicted molar refractivity (Wildman–Crippen MR) is 335 cm³/mol. The van der Waals surface area contributed by atoms with Gasteiger partial charge >= 0.3 is 17.9 Å². The molecule has 77 heavy (non-hydrogen) atoms. The van der Waals surface area contributed by atoms with E-state index in [4.69, 9.17) is 14.2 Å². The fourth-order valence-electron chi connectivity index (χ4n) is 10.0. The van der Waals surface area contributed by atoms with Crippen LogP contribution in [0, 0.1) is 0 Å².